The van der Waals surface area contributed by atoms with E-state index in [0.717, 1.165) is 42.7 Å². The van der Waals surface area contributed by atoms with Crippen molar-refractivity contribution in [1.29, 1.82) is 0 Å². The monoisotopic (exact) mass is 384 g/mol. The fraction of sp³-hybridized carbons (Fsp3) is 0.308. The lowest BCUT2D eigenvalue weighted by atomic mass is 10.0. The quantitative estimate of drug-likeness (QED) is 0.351. The highest BCUT2D eigenvalue weighted by Crippen LogP contribution is 2.24. The van der Waals surface area contributed by atoms with Gasteiger partial charge in [-0.2, -0.15) is 0 Å². The predicted molar refractivity (Wildman–Crippen MR) is 121 cm³/mol. The lowest BCUT2D eigenvalue weighted by Gasteiger charge is -2.09. The number of pyridine rings is 2. The first kappa shape index (κ1) is 19.4. The maximum absolute atomic E-state index is 5.82. The van der Waals surface area contributed by atoms with E-state index < -0.39 is 0 Å². The summed E-state index contributed by atoms with van der Waals surface area (Å²) in [5, 5.41) is 2.35. The molecule has 0 radical (unpaired) electrons. The average Bonchev–Trinajstić information content (AvgIpc) is 2.72. The van der Waals surface area contributed by atoms with E-state index in [1.165, 1.54) is 27.5 Å². The van der Waals surface area contributed by atoms with Crippen molar-refractivity contribution in [2.75, 3.05) is 6.61 Å². The Morgan fingerprint density at radius 1 is 0.793 bits per heavy atom. The van der Waals surface area contributed by atoms with Crippen molar-refractivity contribution in [3.63, 3.8) is 0 Å². The molecule has 0 aliphatic heterocycles. The molecule has 3 nitrogen and oxygen atoms in total. The van der Waals surface area contributed by atoms with Gasteiger partial charge >= 0.3 is 0 Å². The van der Waals surface area contributed by atoms with Crippen LogP contribution in [0.4, 0.5) is 0 Å². The second kappa shape index (κ2) is 8.60. The van der Waals surface area contributed by atoms with Gasteiger partial charge in [0, 0.05) is 17.0 Å². The van der Waals surface area contributed by atoms with E-state index in [1.807, 2.05) is 12.4 Å². The lowest BCUT2D eigenvalue weighted by Crippen LogP contribution is -2.01. The topological polar surface area (TPSA) is 35.0 Å². The Labute approximate surface area is 172 Å². The van der Waals surface area contributed by atoms with Crippen molar-refractivity contribution in [2.45, 2.75) is 40.0 Å². The number of ether oxygens (including phenoxy) is 1. The van der Waals surface area contributed by atoms with E-state index in [1.54, 1.807) is 0 Å². The van der Waals surface area contributed by atoms with Gasteiger partial charge in [0.2, 0.25) is 0 Å². The predicted octanol–water partition coefficient (Wildman–Crippen LogP) is 6.30. The number of hydrogen-bond donors (Lipinski definition) is 0. The van der Waals surface area contributed by atoms with E-state index in [0.29, 0.717) is 5.92 Å². The molecule has 0 unspecified atom stereocenters. The minimum absolute atomic E-state index is 0.668. The van der Waals surface area contributed by atoms with Crippen LogP contribution in [0.3, 0.4) is 0 Å². The molecule has 0 N–H and O–H groups in total. The van der Waals surface area contributed by atoms with Gasteiger partial charge in [-0.05, 0) is 73.1 Å². The van der Waals surface area contributed by atoms with Crippen molar-refractivity contribution < 1.29 is 4.74 Å². The number of benzene rings is 2. The molecule has 0 bridgehead atoms. The molecule has 0 saturated carbocycles. The van der Waals surface area contributed by atoms with Gasteiger partial charge < -0.3 is 4.74 Å². The molecule has 0 amide bonds. The minimum atomic E-state index is 0.668. The van der Waals surface area contributed by atoms with E-state index in [4.69, 9.17) is 4.74 Å². The van der Waals surface area contributed by atoms with Gasteiger partial charge in [-0.15, -0.1) is 0 Å². The number of fused-ring (bicyclic) bond motifs is 3. The number of nitrogens with zero attached hydrogens (tertiary/aromatic N) is 2. The Morgan fingerprint density at radius 2 is 1.55 bits per heavy atom. The molecule has 4 rings (SSSR count). The normalized spacial score (nSPS) is 11.4. The second-order valence-corrected chi connectivity index (χ2v) is 8.23. The molecule has 2 aromatic carbocycles. The van der Waals surface area contributed by atoms with Crippen LogP contribution in [0.5, 0.6) is 5.75 Å². The van der Waals surface area contributed by atoms with Crippen LogP contribution in [-0.2, 0) is 12.8 Å². The largest absolute Gasteiger partial charge is 0.494 e. The van der Waals surface area contributed by atoms with Crippen LogP contribution in [0, 0.1) is 12.8 Å². The smallest absolute Gasteiger partial charge is 0.119 e. The van der Waals surface area contributed by atoms with Crippen LogP contribution in [-0.4, -0.2) is 16.6 Å². The molecule has 4 aromatic rings. The summed E-state index contributed by atoms with van der Waals surface area (Å²) in [7, 11) is 0. The summed E-state index contributed by atoms with van der Waals surface area (Å²) in [5.74, 6) is 1.62. The van der Waals surface area contributed by atoms with Crippen LogP contribution in [0.25, 0.3) is 21.8 Å². The zero-order chi connectivity index (χ0) is 20.2. The molecule has 0 spiro atoms. The van der Waals surface area contributed by atoms with Crippen molar-refractivity contribution in [1.82, 2.24) is 9.97 Å². The molecule has 0 saturated heterocycles. The Morgan fingerprint density at radius 3 is 2.34 bits per heavy atom. The van der Waals surface area contributed by atoms with Crippen LogP contribution in [0.1, 0.15) is 37.0 Å². The highest BCUT2D eigenvalue weighted by atomic mass is 16.5. The van der Waals surface area contributed by atoms with E-state index >= 15 is 0 Å². The molecule has 2 aromatic heterocycles. The maximum atomic E-state index is 5.82. The maximum Gasteiger partial charge on any atom is 0.119 e. The number of aryl methyl sites for hydroxylation is 3. The van der Waals surface area contributed by atoms with Gasteiger partial charge in [-0.3, -0.25) is 9.97 Å². The van der Waals surface area contributed by atoms with Gasteiger partial charge in [0.1, 0.15) is 5.75 Å². The highest BCUT2D eigenvalue weighted by molar-refractivity contribution is 6.04. The van der Waals surface area contributed by atoms with E-state index in [2.05, 4.69) is 79.3 Å². The van der Waals surface area contributed by atoms with E-state index in [9.17, 15) is 0 Å². The standard InChI is InChI=1S/C26H28N2O/c1-18(2)12-13-29-22-9-7-20(8-10-22)5-6-21-15-24-23-11-4-19(3)14-25(23)28-17-26(24)27-16-21/h4,7-11,14-18H,5-6,12-13H2,1-3H3. The molecule has 0 atom stereocenters. The first-order chi connectivity index (χ1) is 14.1. The first-order valence-electron chi connectivity index (χ1n) is 10.4. The van der Waals surface area contributed by atoms with Crippen LogP contribution >= 0.6 is 0 Å². The van der Waals surface area contributed by atoms with Crippen LogP contribution in [0.15, 0.2) is 60.9 Å². The molecule has 3 heteroatoms. The molecular formula is C26H28N2O. The fourth-order valence-electron chi connectivity index (χ4n) is 3.53. The zero-order valence-corrected chi connectivity index (χ0v) is 17.5. The third-order valence-corrected chi connectivity index (χ3v) is 5.33. The molecule has 148 valence electrons. The van der Waals surface area contributed by atoms with Gasteiger partial charge in [0.15, 0.2) is 0 Å². The Bertz CT molecular complexity index is 1120. The summed E-state index contributed by atoms with van der Waals surface area (Å²) in [6.07, 6.45) is 6.89. The number of aromatic nitrogens is 2. The van der Waals surface area contributed by atoms with Crippen molar-refractivity contribution in [3.05, 3.63) is 77.6 Å². The SMILES string of the molecule is Cc1ccc2c(c1)ncc1ncc(CCc3ccc(OCCC(C)C)cc3)cc12. The van der Waals surface area contributed by atoms with Gasteiger partial charge in [0.05, 0.1) is 23.8 Å². The van der Waals surface area contributed by atoms with Gasteiger partial charge in [0.25, 0.3) is 0 Å². The minimum Gasteiger partial charge on any atom is -0.494 e. The average molecular weight is 385 g/mol. The van der Waals surface area contributed by atoms with Gasteiger partial charge in [-0.25, -0.2) is 0 Å². The fourth-order valence-corrected chi connectivity index (χ4v) is 3.53. The summed E-state index contributed by atoms with van der Waals surface area (Å²) < 4.78 is 5.82. The first-order valence-corrected chi connectivity index (χ1v) is 10.4. The Hall–Kier alpha value is -2.94. The summed E-state index contributed by atoms with van der Waals surface area (Å²) in [5.41, 5.74) is 5.78. The zero-order valence-electron chi connectivity index (χ0n) is 17.5. The molecule has 0 fully saturated rings. The number of hydrogen-bond acceptors (Lipinski definition) is 3. The molecule has 2 heterocycles. The van der Waals surface area contributed by atoms with Gasteiger partial charge in [-0.1, -0.05) is 38.1 Å². The summed E-state index contributed by atoms with van der Waals surface area (Å²) in [6, 6.07) is 17.2. The van der Waals surface area contributed by atoms with Crippen molar-refractivity contribution in [3.8, 4) is 5.75 Å². The van der Waals surface area contributed by atoms with Crippen LogP contribution < -0.4 is 4.74 Å². The summed E-state index contributed by atoms with van der Waals surface area (Å²) in [4.78, 5) is 9.20. The molecule has 0 aliphatic carbocycles. The van der Waals surface area contributed by atoms with Crippen LogP contribution in [0.2, 0.25) is 0 Å². The summed E-state index contributed by atoms with van der Waals surface area (Å²) in [6.45, 7) is 7.31. The second-order valence-electron chi connectivity index (χ2n) is 8.23. The molecule has 0 aliphatic rings. The van der Waals surface area contributed by atoms with Crippen molar-refractivity contribution in [2.24, 2.45) is 5.92 Å². The Balaban J connectivity index is 1.46. The molecular weight excluding hydrogens is 356 g/mol. The third-order valence-electron chi connectivity index (χ3n) is 5.33. The molecule has 29 heavy (non-hydrogen) atoms. The van der Waals surface area contributed by atoms with Crippen molar-refractivity contribution >= 4 is 21.8 Å². The Kier molecular flexibility index (Phi) is 5.75. The number of rotatable bonds is 7. The third kappa shape index (κ3) is 4.73. The highest BCUT2D eigenvalue weighted by Gasteiger charge is 2.06. The van der Waals surface area contributed by atoms with E-state index in [-0.39, 0.29) is 0 Å². The lowest BCUT2D eigenvalue weighted by molar-refractivity contribution is 0.289. The summed E-state index contributed by atoms with van der Waals surface area (Å²) >= 11 is 0.